The lowest BCUT2D eigenvalue weighted by atomic mass is 9.93. The van der Waals surface area contributed by atoms with E-state index in [2.05, 4.69) is 10.6 Å². The van der Waals surface area contributed by atoms with Gasteiger partial charge in [0.1, 0.15) is 11.5 Å². The largest absolute Gasteiger partial charge is 0.508 e. The molecule has 0 aliphatic carbocycles. The molecule has 1 unspecified atom stereocenters. The van der Waals surface area contributed by atoms with Crippen LogP contribution in [0.4, 0.5) is 0 Å². The number of rotatable bonds is 11. The Morgan fingerprint density at radius 3 is 2.20 bits per heavy atom. The lowest BCUT2D eigenvalue weighted by Crippen LogP contribution is -2.43. The van der Waals surface area contributed by atoms with Gasteiger partial charge in [-0.05, 0) is 54.7 Å². The van der Waals surface area contributed by atoms with E-state index in [1.54, 1.807) is 0 Å². The van der Waals surface area contributed by atoms with Gasteiger partial charge in [0.25, 0.3) is 0 Å². The zero-order valence-corrected chi connectivity index (χ0v) is 20.1. The molecule has 0 bridgehead atoms. The molecule has 6 N–H and O–H groups in total. The molecule has 1 amide bonds. The van der Waals surface area contributed by atoms with E-state index in [4.69, 9.17) is 0 Å². The minimum Gasteiger partial charge on any atom is -0.508 e. The molecule has 0 fully saturated rings. The molecule has 3 aromatic carbocycles. The molecule has 0 saturated heterocycles. The summed E-state index contributed by atoms with van der Waals surface area (Å²) in [5.74, 6) is -0.374. The third kappa shape index (κ3) is 8.10. The van der Waals surface area contributed by atoms with Crippen LogP contribution in [0.15, 0.2) is 72.8 Å². The van der Waals surface area contributed by atoms with E-state index in [1.165, 1.54) is 18.2 Å². The molecule has 0 aliphatic heterocycles. The average Bonchev–Trinajstić information content (AvgIpc) is 2.81. The number of carbonyl (C=O) groups is 1. The number of aliphatic hydroxyl groups is 2. The molecule has 0 heterocycles. The van der Waals surface area contributed by atoms with Crippen molar-refractivity contribution in [2.75, 3.05) is 13.2 Å². The molecule has 7 nitrogen and oxygen atoms in total. The standard InChI is InChI=1S/C28H34N2O5/c1-28(2,29-17-26(34)22-13-23(32)15-24(33)14-22)16-20-8-6-7-19(11-20)12-27(35)30-25(18-31)21-9-4-3-5-10-21/h3-11,13-15,25-26,29,31-34H,12,16-18H2,1-2H3,(H,30,35)/t25?,26-/m1/s1. The zero-order chi connectivity index (χ0) is 25.4. The number of amides is 1. The maximum absolute atomic E-state index is 12.6. The number of nitrogens with one attached hydrogen (secondary N) is 2. The van der Waals surface area contributed by atoms with Crippen molar-refractivity contribution in [3.63, 3.8) is 0 Å². The number of hydrogen-bond acceptors (Lipinski definition) is 6. The summed E-state index contributed by atoms with van der Waals surface area (Å²) in [5, 5.41) is 45.7. The number of aromatic hydroxyl groups is 2. The summed E-state index contributed by atoms with van der Waals surface area (Å²) in [4.78, 5) is 12.6. The summed E-state index contributed by atoms with van der Waals surface area (Å²) < 4.78 is 0. The Balaban J connectivity index is 1.57. The van der Waals surface area contributed by atoms with Crippen LogP contribution < -0.4 is 10.6 Å². The van der Waals surface area contributed by atoms with Crippen LogP contribution in [-0.2, 0) is 17.6 Å². The Kier molecular flexibility index (Phi) is 8.87. The summed E-state index contributed by atoms with van der Waals surface area (Å²) >= 11 is 0. The van der Waals surface area contributed by atoms with Gasteiger partial charge < -0.3 is 31.1 Å². The van der Waals surface area contributed by atoms with Crippen LogP contribution in [0.3, 0.4) is 0 Å². The topological polar surface area (TPSA) is 122 Å². The first-order chi connectivity index (χ1) is 16.6. The first-order valence-corrected chi connectivity index (χ1v) is 11.6. The van der Waals surface area contributed by atoms with Crippen molar-refractivity contribution in [2.45, 2.75) is 44.4 Å². The SMILES string of the molecule is CC(C)(Cc1cccc(CC(=O)NC(CO)c2ccccc2)c1)NC[C@@H](O)c1cc(O)cc(O)c1. The monoisotopic (exact) mass is 478 g/mol. The molecule has 0 radical (unpaired) electrons. The molecule has 35 heavy (non-hydrogen) atoms. The van der Waals surface area contributed by atoms with E-state index in [0.717, 1.165) is 16.7 Å². The van der Waals surface area contributed by atoms with E-state index >= 15 is 0 Å². The predicted octanol–water partition coefficient (Wildman–Crippen LogP) is 3.13. The van der Waals surface area contributed by atoms with Gasteiger partial charge in [0.15, 0.2) is 0 Å². The molecule has 186 valence electrons. The van der Waals surface area contributed by atoms with Crippen molar-refractivity contribution in [3.8, 4) is 11.5 Å². The number of carbonyl (C=O) groups excluding carboxylic acids is 1. The fourth-order valence-electron chi connectivity index (χ4n) is 4.07. The molecule has 0 aliphatic rings. The van der Waals surface area contributed by atoms with Crippen LogP contribution >= 0.6 is 0 Å². The van der Waals surface area contributed by atoms with Gasteiger partial charge in [-0.1, -0.05) is 54.6 Å². The second kappa shape index (κ2) is 11.8. The second-order valence-electron chi connectivity index (χ2n) is 9.45. The summed E-state index contributed by atoms with van der Waals surface area (Å²) in [6.07, 6.45) is -0.0412. The van der Waals surface area contributed by atoms with Gasteiger partial charge in [-0.3, -0.25) is 4.79 Å². The van der Waals surface area contributed by atoms with Gasteiger partial charge in [0.2, 0.25) is 5.91 Å². The highest BCUT2D eigenvalue weighted by Gasteiger charge is 2.21. The number of benzene rings is 3. The lowest BCUT2D eigenvalue weighted by molar-refractivity contribution is -0.121. The molecular weight excluding hydrogens is 444 g/mol. The van der Waals surface area contributed by atoms with Crippen molar-refractivity contribution in [2.24, 2.45) is 0 Å². The molecular formula is C28H34N2O5. The van der Waals surface area contributed by atoms with Gasteiger partial charge in [-0.15, -0.1) is 0 Å². The quantitative estimate of drug-likeness (QED) is 0.252. The van der Waals surface area contributed by atoms with Crippen molar-refractivity contribution < 1.29 is 25.2 Å². The van der Waals surface area contributed by atoms with Gasteiger partial charge in [-0.2, -0.15) is 0 Å². The summed E-state index contributed by atoms with van der Waals surface area (Å²) in [7, 11) is 0. The fourth-order valence-corrected chi connectivity index (χ4v) is 4.07. The maximum atomic E-state index is 12.6. The minimum atomic E-state index is -0.897. The Hall–Kier alpha value is -3.39. The fraction of sp³-hybridized carbons (Fsp3) is 0.321. The number of hydrogen-bond donors (Lipinski definition) is 6. The minimum absolute atomic E-state index is 0.103. The first-order valence-electron chi connectivity index (χ1n) is 11.6. The van der Waals surface area contributed by atoms with Crippen LogP contribution in [0.2, 0.25) is 0 Å². The number of aliphatic hydroxyl groups excluding tert-OH is 2. The Morgan fingerprint density at radius 2 is 1.54 bits per heavy atom. The van der Waals surface area contributed by atoms with Crippen LogP contribution in [0.5, 0.6) is 11.5 Å². The van der Waals surface area contributed by atoms with Crippen molar-refractivity contribution in [3.05, 3.63) is 95.1 Å². The molecule has 3 aromatic rings. The Bertz CT molecular complexity index is 1100. The molecule has 2 atom stereocenters. The highest BCUT2D eigenvalue weighted by Crippen LogP contribution is 2.25. The van der Waals surface area contributed by atoms with Crippen molar-refractivity contribution >= 4 is 5.91 Å². The van der Waals surface area contributed by atoms with E-state index in [0.29, 0.717) is 12.0 Å². The molecule has 3 rings (SSSR count). The highest BCUT2D eigenvalue weighted by molar-refractivity contribution is 5.79. The Labute approximate surface area is 206 Å². The maximum Gasteiger partial charge on any atom is 0.224 e. The van der Waals surface area contributed by atoms with Crippen LogP contribution in [0.1, 0.15) is 48.2 Å². The van der Waals surface area contributed by atoms with Crippen molar-refractivity contribution in [1.29, 1.82) is 0 Å². The molecule has 0 aromatic heterocycles. The summed E-state index contributed by atoms with van der Waals surface area (Å²) in [6, 6.07) is 20.8. The Morgan fingerprint density at radius 1 is 0.886 bits per heavy atom. The molecule has 0 spiro atoms. The molecule has 0 saturated carbocycles. The zero-order valence-electron chi connectivity index (χ0n) is 20.1. The van der Waals surface area contributed by atoms with Gasteiger partial charge in [0, 0.05) is 18.2 Å². The first kappa shape index (κ1) is 26.2. The van der Waals surface area contributed by atoms with Gasteiger partial charge in [-0.25, -0.2) is 0 Å². The third-order valence-electron chi connectivity index (χ3n) is 5.81. The smallest absolute Gasteiger partial charge is 0.224 e. The normalized spacial score (nSPS) is 13.3. The van der Waals surface area contributed by atoms with Gasteiger partial charge in [0.05, 0.1) is 25.2 Å². The summed E-state index contributed by atoms with van der Waals surface area (Å²) in [5.41, 5.74) is 2.83. The van der Waals surface area contributed by atoms with Crippen molar-refractivity contribution in [1.82, 2.24) is 10.6 Å². The van der Waals surface area contributed by atoms with Crippen LogP contribution in [0.25, 0.3) is 0 Å². The van der Waals surface area contributed by atoms with E-state index in [-0.39, 0.29) is 42.5 Å². The third-order valence-corrected chi connectivity index (χ3v) is 5.81. The summed E-state index contributed by atoms with van der Waals surface area (Å²) in [6.45, 7) is 4.10. The molecule has 7 heteroatoms. The predicted molar refractivity (Wildman–Crippen MR) is 135 cm³/mol. The number of β-amino-alcohol motifs (C(OH)–C–C–N with tert-alkyl or cyclic N) is 1. The van der Waals surface area contributed by atoms with Gasteiger partial charge >= 0.3 is 0 Å². The van der Waals surface area contributed by atoms with E-state index in [9.17, 15) is 25.2 Å². The highest BCUT2D eigenvalue weighted by atomic mass is 16.3. The van der Waals surface area contributed by atoms with Crippen LogP contribution in [-0.4, -0.2) is 45.0 Å². The average molecular weight is 479 g/mol. The van der Waals surface area contributed by atoms with E-state index < -0.39 is 12.1 Å². The number of phenols is 2. The van der Waals surface area contributed by atoms with E-state index in [1.807, 2.05) is 68.4 Å². The second-order valence-corrected chi connectivity index (χ2v) is 9.45. The lowest BCUT2D eigenvalue weighted by Gasteiger charge is -2.28. The number of phenolic OH excluding ortho intramolecular Hbond substituents is 2. The van der Waals surface area contributed by atoms with Crippen LogP contribution in [0, 0.1) is 0 Å².